The van der Waals surface area contributed by atoms with E-state index in [1.807, 2.05) is 62.4 Å². The smallest absolute Gasteiger partial charge is 0.266 e. The monoisotopic (exact) mass is 438 g/mol. The van der Waals surface area contributed by atoms with Gasteiger partial charge in [0.05, 0.1) is 6.61 Å². The number of anilines is 1. The largest absolute Gasteiger partial charge is 0.494 e. The van der Waals surface area contributed by atoms with Crippen LogP contribution in [-0.4, -0.2) is 12.5 Å². The average molecular weight is 439 g/mol. The van der Waals surface area contributed by atoms with Crippen LogP contribution < -0.4 is 10.1 Å². The highest BCUT2D eigenvalue weighted by Gasteiger charge is 2.13. The van der Waals surface area contributed by atoms with Crippen molar-refractivity contribution in [2.75, 3.05) is 11.9 Å². The fourth-order valence-corrected chi connectivity index (χ4v) is 3.94. The molecule has 0 heterocycles. The summed E-state index contributed by atoms with van der Waals surface area (Å²) in [6.07, 6.45) is 3.15. The molecule has 33 heavy (non-hydrogen) atoms. The van der Waals surface area contributed by atoms with Gasteiger partial charge in [-0.1, -0.05) is 66.6 Å². The van der Waals surface area contributed by atoms with Crippen molar-refractivity contribution in [3.8, 4) is 11.8 Å². The van der Waals surface area contributed by atoms with Crippen molar-refractivity contribution in [2.24, 2.45) is 0 Å². The van der Waals surface area contributed by atoms with Crippen LogP contribution in [-0.2, 0) is 17.6 Å². The zero-order chi connectivity index (χ0) is 23.8. The summed E-state index contributed by atoms with van der Waals surface area (Å²) in [5, 5.41) is 12.5. The molecule has 1 amide bonds. The molecule has 0 aliphatic carbocycles. The Morgan fingerprint density at radius 2 is 1.73 bits per heavy atom. The SMILES string of the molecule is CCOc1cc(/C=C(\C#N)C(=O)Nc2ccccc2CC)ccc1Cc1cc(C)cc(C)c1. The fraction of sp³-hybridized carbons (Fsp3) is 0.241. The van der Waals surface area contributed by atoms with Gasteiger partial charge in [-0.15, -0.1) is 0 Å². The van der Waals surface area contributed by atoms with Gasteiger partial charge in [-0.2, -0.15) is 5.26 Å². The summed E-state index contributed by atoms with van der Waals surface area (Å²) in [7, 11) is 0. The maximum Gasteiger partial charge on any atom is 0.266 e. The lowest BCUT2D eigenvalue weighted by molar-refractivity contribution is -0.112. The molecule has 168 valence electrons. The third-order valence-electron chi connectivity index (χ3n) is 5.39. The minimum atomic E-state index is -0.421. The molecule has 0 spiro atoms. The van der Waals surface area contributed by atoms with Gasteiger partial charge in [0.2, 0.25) is 0 Å². The molecule has 0 aromatic heterocycles. The summed E-state index contributed by atoms with van der Waals surface area (Å²) in [6, 6.07) is 22.0. The van der Waals surface area contributed by atoms with E-state index in [4.69, 9.17) is 4.74 Å². The molecule has 3 rings (SSSR count). The summed E-state index contributed by atoms with van der Waals surface area (Å²) in [5.41, 5.74) is 7.31. The Labute approximate surface area is 196 Å². The molecule has 0 aliphatic heterocycles. The van der Waals surface area contributed by atoms with Gasteiger partial charge in [-0.3, -0.25) is 4.79 Å². The highest BCUT2D eigenvalue weighted by molar-refractivity contribution is 6.10. The number of benzene rings is 3. The first kappa shape index (κ1) is 23.8. The molecular weight excluding hydrogens is 408 g/mol. The molecule has 0 radical (unpaired) electrons. The first-order valence-electron chi connectivity index (χ1n) is 11.3. The number of ether oxygens (including phenoxy) is 1. The maximum atomic E-state index is 12.8. The summed E-state index contributed by atoms with van der Waals surface area (Å²) >= 11 is 0. The van der Waals surface area contributed by atoms with Gasteiger partial charge < -0.3 is 10.1 Å². The third kappa shape index (κ3) is 6.33. The number of aryl methyl sites for hydroxylation is 3. The van der Waals surface area contributed by atoms with Crippen molar-refractivity contribution in [1.82, 2.24) is 0 Å². The summed E-state index contributed by atoms with van der Waals surface area (Å²) in [5.74, 6) is 0.343. The predicted molar refractivity (Wildman–Crippen MR) is 134 cm³/mol. The lowest BCUT2D eigenvalue weighted by atomic mass is 9.98. The number of hydrogen-bond acceptors (Lipinski definition) is 3. The van der Waals surface area contributed by atoms with Crippen LogP contribution in [0, 0.1) is 25.2 Å². The van der Waals surface area contributed by atoms with E-state index in [-0.39, 0.29) is 5.57 Å². The zero-order valence-corrected chi connectivity index (χ0v) is 19.7. The summed E-state index contributed by atoms with van der Waals surface area (Å²) < 4.78 is 5.90. The predicted octanol–water partition coefficient (Wildman–Crippen LogP) is 6.40. The Morgan fingerprint density at radius 3 is 2.39 bits per heavy atom. The van der Waals surface area contributed by atoms with E-state index >= 15 is 0 Å². The number of nitrogens with one attached hydrogen (secondary N) is 1. The van der Waals surface area contributed by atoms with Gasteiger partial charge in [0.25, 0.3) is 5.91 Å². The molecule has 0 saturated carbocycles. The Morgan fingerprint density at radius 1 is 1.00 bits per heavy atom. The molecule has 3 aromatic carbocycles. The van der Waals surface area contributed by atoms with Crippen molar-refractivity contribution in [2.45, 2.75) is 40.5 Å². The van der Waals surface area contributed by atoms with Gasteiger partial charge in [-0.05, 0) is 67.7 Å². The fourth-order valence-electron chi connectivity index (χ4n) is 3.94. The number of nitrogens with zero attached hydrogens (tertiary/aromatic N) is 1. The van der Waals surface area contributed by atoms with Crippen LogP contribution >= 0.6 is 0 Å². The number of hydrogen-bond donors (Lipinski definition) is 1. The van der Waals surface area contributed by atoms with Gasteiger partial charge in [0.15, 0.2) is 0 Å². The van der Waals surface area contributed by atoms with Crippen molar-refractivity contribution in [3.63, 3.8) is 0 Å². The minimum Gasteiger partial charge on any atom is -0.494 e. The number of para-hydroxylation sites is 1. The molecular formula is C29H30N2O2. The van der Waals surface area contributed by atoms with E-state index in [2.05, 4.69) is 37.4 Å². The Bertz CT molecular complexity index is 1200. The quantitative estimate of drug-likeness (QED) is 0.327. The van der Waals surface area contributed by atoms with Crippen LogP contribution in [0.3, 0.4) is 0 Å². The topological polar surface area (TPSA) is 62.1 Å². The third-order valence-corrected chi connectivity index (χ3v) is 5.39. The van der Waals surface area contributed by atoms with Crippen LogP contribution in [0.25, 0.3) is 6.08 Å². The first-order chi connectivity index (χ1) is 15.9. The van der Waals surface area contributed by atoms with Gasteiger partial charge in [0.1, 0.15) is 17.4 Å². The number of amides is 1. The number of rotatable bonds is 8. The van der Waals surface area contributed by atoms with E-state index in [1.165, 1.54) is 16.7 Å². The Kier molecular flexibility index (Phi) is 8.05. The second-order valence-corrected chi connectivity index (χ2v) is 8.11. The standard InChI is InChI=1S/C29H30N2O2/c1-5-24-9-7-8-10-27(24)31-29(32)26(19-30)16-22-11-12-25(28(18-22)33-6-2)17-23-14-20(3)13-21(4)15-23/h7-16,18H,5-6,17H2,1-4H3,(H,31,32)/b26-16+. The average Bonchev–Trinajstić information content (AvgIpc) is 2.79. The van der Waals surface area contributed by atoms with Crippen LogP contribution in [0.5, 0.6) is 5.75 Å². The second kappa shape index (κ2) is 11.2. The molecule has 4 nitrogen and oxygen atoms in total. The lowest BCUT2D eigenvalue weighted by Crippen LogP contribution is -2.14. The molecule has 0 unspecified atom stereocenters. The number of carbonyl (C=O) groups excluding carboxylic acids is 1. The number of nitriles is 1. The molecule has 0 saturated heterocycles. The highest BCUT2D eigenvalue weighted by atomic mass is 16.5. The van der Waals surface area contributed by atoms with Gasteiger partial charge in [-0.25, -0.2) is 0 Å². The van der Waals surface area contributed by atoms with E-state index in [0.717, 1.165) is 41.0 Å². The van der Waals surface area contributed by atoms with Crippen LogP contribution in [0.2, 0.25) is 0 Å². The molecule has 4 heteroatoms. The van der Waals surface area contributed by atoms with E-state index < -0.39 is 5.91 Å². The second-order valence-electron chi connectivity index (χ2n) is 8.11. The Balaban J connectivity index is 1.87. The van der Waals surface area contributed by atoms with Crippen molar-refractivity contribution in [3.05, 3.63) is 99.6 Å². The minimum absolute atomic E-state index is 0.0467. The Hall–Kier alpha value is -3.84. The van der Waals surface area contributed by atoms with E-state index in [9.17, 15) is 10.1 Å². The van der Waals surface area contributed by atoms with Gasteiger partial charge in [0, 0.05) is 12.1 Å². The van der Waals surface area contributed by atoms with E-state index in [1.54, 1.807) is 6.08 Å². The molecule has 0 fully saturated rings. The first-order valence-corrected chi connectivity index (χ1v) is 11.3. The molecule has 3 aromatic rings. The highest BCUT2D eigenvalue weighted by Crippen LogP contribution is 2.26. The molecule has 0 bridgehead atoms. The zero-order valence-electron chi connectivity index (χ0n) is 19.7. The normalized spacial score (nSPS) is 11.1. The summed E-state index contributed by atoms with van der Waals surface area (Å²) in [6.45, 7) is 8.71. The molecule has 0 atom stereocenters. The van der Waals surface area contributed by atoms with Crippen molar-refractivity contribution < 1.29 is 9.53 Å². The maximum absolute atomic E-state index is 12.8. The van der Waals surface area contributed by atoms with Crippen LogP contribution in [0.4, 0.5) is 5.69 Å². The molecule has 0 aliphatic rings. The summed E-state index contributed by atoms with van der Waals surface area (Å²) in [4.78, 5) is 12.8. The van der Waals surface area contributed by atoms with Crippen molar-refractivity contribution >= 4 is 17.7 Å². The lowest BCUT2D eigenvalue weighted by Gasteiger charge is -2.13. The molecule has 1 N–H and O–H groups in total. The van der Waals surface area contributed by atoms with Gasteiger partial charge >= 0.3 is 0 Å². The number of carbonyl (C=O) groups is 1. The van der Waals surface area contributed by atoms with Crippen molar-refractivity contribution in [1.29, 1.82) is 5.26 Å². The van der Waals surface area contributed by atoms with Crippen LogP contribution in [0.1, 0.15) is 47.2 Å². The van der Waals surface area contributed by atoms with Crippen LogP contribution in [0.15, 0.2) is 66.2 Å². The van der Waals surface area contributed by atoms with E-state index in [0.29, 0.717) is 6.61 Å².